The van der Waals surface area contributed by atoms with E-state index in [0.29, 0.717) is 0 Å². The average Bonchev–Trinajstić information content (AvgIpc) is 3.00. The third kappa shape index (κ3) is 2.37. The van der Waals surface area contributed by atoms with Gasteiger partial charge in [-0.3, -0.25) is 4.90 Å². The first-order valence-corrected chi connectivity index (χ1v) is 7.09. The first kappa shape index (κ1) is 13.6. The summed E-state index contributed by atoms with van der Waals surface area (Å²) >= 11 is 0. The smallest absolute Gasteiger partial charge is 0.322 e. The summed E-state index contributed by atoms with van der Waals surface area (Å²) in [6.45, 7) is 3.97. The van der Waals surface area contributed by atoms with Crippen molar-refractivity contribution < 1.29 is 4.79 Å². The number of aromatic nitrogens is 3. The third-order valence-electron chi connectivity index (χ3n) is 3.90. The zero-order chi connectivity index (χ0) is 15.0. The Morgan fingerprint density at radius 2 is 2.19 bits per heavy atom. The van der Waals surface area contributed by atoms with Crippen molar-refractivity contribution in [3.63, 3.8) is 0 Å². The van der Waals surface area contributed by atoms with Gasteiger partial charge in [-0.2, -0.15) is 0 Å². The maximum Gasteiger partial charge on any atom is 0.322 e. The summed E-state index contributed by atoms with van der Waals surface area (Å²) in [6.07, 6.45) is 2.52. The molecule has 0 bridgehead atoms. The number of aryl methyl sites for hydroxylation is 1. The molecule has 1 aromatic heterocycles. The predicted molar refractivity (Wildman–Crippen MR) is 80.0 cm³/mol. The summed E-state index contributed by atoms with van der Waals surface area (Å²) in [7, 11) is 1.87. The lowest BCUT2D eigenvalue weighted by Gasteiger charge is -2.25. The number of urea groups is 1. The van der Waals surface area contributed by atoms with E-state index < -0.39 is 0 Å². The van der Waals surface area contributed by atoms with Gasteiger partial charge in [-0.15, -0.1) is 10.2 Å². The lowest BCUT2D eigenvalue weighted by molar-refractivity contribution is 0.241. The van der Waals surface area contributed by atoms with Crippen LogP contribution in [0, 0.1) is 0 Å². The van der Waals surface area contributed by atoms with Crippen LogP contribution in [0.5, 0.6) is 0 Å². The molecule has 0 fully saturated rings. The average molecular weight is 285 g/mol. The van der Waals surface area contributed by atoms with E-state index in [2.05, 4.69) is 28.5 Å². The van der Waals surface area contributed by atoms with Crippen molar-refractivity contribution in [1.29, 1.82) is 0 Å². The maximum atomic E-state index is 12.6. The number of carbonyl (C=O) groups is 1. The minimum absolute atomic E-state index is 0.0945. The van der Waals surface area contributed by atoms with E-state index in [9.17, 15) is 4.79 Å². The molecule has 0 aliphatic carbocycles. The van der Waals surface area contributed by atoms with Gasteiger partial charge in [-0.25, -0.2) is 4.79 Å². The van der Waals surface area contributed by atoms with Gasteiger partial charge in [-0.05, 0) is 31.9 Å². The number of rotatable bonds is 2. The van der Waals surface area contributed by atoms with Gasteiger partial charge in [0.15, 0.2) is 5.82 Å². The van der Waals surface area contributed by atoms with Gasteiger partial charge in [-0.1, -0.05) is 18.2 Å². The van der Waals surface area contributed by atoms with Crippen molar-refractivity contribution in [2.45, 2.75) is 32.4 Å². The Balaban J connectivity index is 1.78. The van der Waals surface area contributed by atoms with Crippen LogP contribution in [0.4, 0.5) is 10.5 Å². The Kier molecular flexibility index (Phi) is 3.37. The molecule has 0 saturated carbocycles. The number of hydrogen-bond acceptors (Lipinski definition) is 3. The van der Waals surface area contributed by atoms with Gasteiger partial charge in [0.2, 0.25) is 0 Å². The van der Waals surface area contributed by atoms with Crippen LogP contribution in [0.25, 0.3) is 0 Å². The Hall–Kier alpha value is -2.37. The van der Waals surface area contributed by atoms with Crippen molar-refractivity contribution in [3.05, 3.63) is 42.0 Å². The highest BCUT2D eigenvalue weighted by Gasteiger charge is 2.31. The predicted octanol–water partition coefficient (Wildman–Crippen LogP) is 2.04. The lowest BCUT2D eigenvalue weighted by Crippen LogP contribution is -2.44. The SMILES string of the molecule is C[C@H](NC(=O)N1c2ccccc2C[C@@H]1C)c1nncn1C. The normalized spacial score (nSPS) is 18.4. The number of hydrogen-bond donors (Lipinski definition) is 1. The second-order valence-corrected chi connectivity index (χ2v) is 5.52. The number of anilines is 1. The van der Waals surface area contributed by atoms with Crippen LogP contribution in [0.15, 0.2) is 30.6 Å². The van der Waals surface area contributed by atoms with Crippen LogP contribution in [0.1, 0.15) is 31.3 Å². The van der Waals surface area contributed by atoms with Crippen LogP contribution in [0.3, 0.4) is 0 Å². The summed E-state index contributed by atoms with van der Waals surface area (Å²) in [5.41, 5.74) is 2.21. The number of amides is 2. The van der Waals surface area contributed by atoms with E-state index in [-0.39, 0.29) is 18.1 Å². The zero-order valence-corrected chi connectivity index (χ0v) is 12.4. The Morgan fingerprint density at radius 1 is 1.43 bits per heavy atom. The summed E-state index contributed by atoms with van der Waals surface area (Å²) in [4.78, 5) is 14.4. The van der Waals surface area contributed by atoms with Gasteiger partial charge >= 0.3 is 6.03 Å². The van der Waals surface area contributed by atoms with Crippen LogP contribution in [-0.2, 0) is 13.5 Å². The molecule has 21 heavy (non-hydrogen) atoms. The molecule has 2 aromatic rings. The molecule has 3 rings (SSSR count). The van der Waals surface area contributed by atoms with Gasteiger partial charge in [0.05, 0.1) is 6.04 Å². The molecular weight excluding hydrogens is 266 g/mol. The first-order valence-electron chi connectivity index (χ1n) is 7.09. The number of fused-ring (bicyclic) bond motifs is 1. The second-order valence-electron chi connectivity index (χ2n) is 5.52. The molecule has 6 heteroatoms. The van der Waals surface area contributed by atoms with Crippen LogP contribution in [-0.4, -0.2) is 26.8 Å². The molecule has 0 spiro atoms. The fourth-order valence-corrected chi connectivity index (χ4v) is 2.88. The van der Waals surface area contributed by atoms with E-state index >= 15 is 0 Å². The molecular formula is C15H19N5O. The van der Waals surface area contributed by atoms with E-state index in [1.807, 2.05) is 41.6 Å². The molecule has 1 N–H and O–H groups in total. The van der Waals surface area contributed by atoms with Crippen LogP contribution < -0.4 is 10.2 Å². The number of para-hydroxylation sites is 1. The second kappa shape index (κ2) is 5.20. The Morgan fingerprint density at radius 3 is 2.90 bits per heavy atom. The molecule has 1 aliphatic heterocycles. The zero-order valence-electron chi connectivity index (χ0n) is 12.4. The van der Waals surface area contributed by atoms with Gasteiger partial charge in [0, 0.05) is 18.8 Å². The number of carbonyl (C=O) groups excluding carboxylic acids is 1. The molecule has 1 aromatic carbocycles. The topological polar surface area (TPSA) is 63.1 Å². The molecule has 0 radical (unpaired) electrons. The molecule has 2 amide bonds. The molecule has 2 atom stereocenters. The summed E-state index contributed by atoms with van der Waals surface area (Å²) < 4.78 is 1.81. The molecule has 2 heterocycles. The minimum atomic E-state index is -0.190. The maximum absolute atomic E-state index is 12.6. The van der Waals surface area contributed by atoms with E-state index in [4.69, 9.17) is 0 Å². The van der Waals surface area contributed by atoms with Crippen molar-refractivity contribution in [1.82, 2.24) is 20.1 Å². The Labute approximate surface area is 123 Å². The quantitative estimate of drug-likeness (QED) is 0.918. The molecule has 0 saturated heterocycles. The van der Waals surface area contributed by atoms with Crippen molar-refractivity contribution in [3.8, 4) is 0 Å². The molecule has 6 nitrogen and oxygen atoms in total. The van der Waals surface area contributed by atoms with Gasteiger partial charge < -0.3 is 9.88 Å². The van der Waals surface area contributed by atoms with Gasteiger partial charge in [0.1, 0.15) is 6.33 Å². The fraction of sp³-hybridized carbons (Fsp3) is 0.400. The highest BCUT2D eigenvalue weighted by molar-refractivity contribution is 5.95. The van der Waals surface area contributed by atoms with E-state index in [1.165, 1.54) is 5.56 Å². The highest BCUT2D eigenvalue weighted by Crippen LogP contribution is 2.31. The monoisotopic (exact) mass is 285 g/mol. The first-order chi connectivity index (χ1) is 10.1. The van der Waals surface area contributed by atoms with Crippen molar-refractivity contribution in [2.24, 2.45) is 7.05 Å². The fourth-order valence-electron chi connectivity index (χ4n) is 2.88. The molecule has 1 aliphatic rings. The minimum Gasteiger partial charge on any atom is -0.328 e. The molecule has 0 unspecified atom stereocenters. The standard InChI is InChI=1S/C15H19N5O/c1-10-8-12-6-4-5-7-13(12)20(10)15(21)17-11(2)14-18-16-9-19(14)3/h4-7,9-11H,8H2,1-3H3,(H,17,21)/t10-,11-/m0/s1. The van der Waals surface area contributed by atoms with Gasteiger partial charge in [0.25, 0.3) is 0 Å². The largest absolute Gasteiger partial charge is 0.328 e. The van der Waals surface area contributed by atoms with Crippen molar-refractivity contribution >= 4 is 11.7 Å². The molecule has 110 valence electrons. The van der Waals surface area contributed by atoms with E-state index in [0.717, 1.165) is 17.9 Å². The summed E-state index contributed by atoms with van der Waals surface area (Å²) in [5.74, 6) is 0.739. The number of nitrogens with one attached hydrogen (secondary N) is 1. The summed E-state index contributed by atoms with van der Waals surface area (Å²) in [6, 6.07) is 7.91. The van der Waals surface area contributed by atoms with E-state index in [1.54, 1.807) is 6.33 Å². The van der Waals surface area contributed by atoms with Crippen LogP contribution >= 0.6 is 0 Å². The number of benzene rings is 1. The third-order valence-corrected chi connectivity index (χ3v) is 3.90. The Bertz CT molecular complexity index is 666. The lowest BCUT2D eigenvalue weighted by atomic mass is 10.1. The van der Waals surface area contributed by atoms with Crippen molar-refractivity contribution in [2.75, 3.05) is 4.90 Å². The number of nitrogens with zero attached hydrogens (tertiary/aromatic N) is 4. The highest BCUT2D eigenvalue weighted by atomic mass is 16.2. The van der Waals surface area contributed by atoms with Crippen LogP contribution in [0.2, 0.25) is 0 Å². The summed E-state index contributed by atoms with van der Waals surface area (Å²) in [5, 5.41) is 10.9.